The summed E-state index contributed by atoms with van der Waals surface area (Å²) in [5, 5.41) is 19.4. The minimum atomic E-state index is -0.622. The van der Waals surface area contributed by atoms with Gasteiger partial charge in [-0.15, -0.1) is 0 Å². The van der Waals surface area contributed by atoms with E-state index in [0.29, 0.717) is 5.56 Å². The van der Waals surface area contributed by atoms with Crippen LogP contribution in [0.5, 0.6) is 5.75 Å². The smallest absolute Gasteiger partial charge is 0.123 e. The first-order valence-corrected chi connectivity index (χ1v) is 6.84. The van der Waals surface area contributed by atoms with Gasteiger partial charge in [0.2, 0.25) is 0 Å². The Morgan fingerprint density at radius 3 is 2.72 bits per heavy atom. The van der Waals surface area contributed by atoms with Crippen molar-refractivity contribution in [2.24, 2.45) is 5.92 Å². The molecule has 0 aromatic heterocycles. The lowest BCUT2D eigenvalue weighted by Gasteiger charge is -2.23. The van der Waals surface area contributed by atoms with E-state index >= 15 is 0 Å². The number of nitrogens with zero attached hydrogens (tertiary/aromatic N) is 1. The van der Waals surface area contributed by atoms with E-state index < -0.39 is 6.10 Å². The molecule has 1 aromatic carbocycles. The van der Waals surface area contributed by atoms with Gasteiger partial charge in [-0.3, -0.25) is 0 Å². The van der Waals surface area contributed by atoms with E-state index in [0.717, 1.165) is 24.7 Å². The van der Waals surface area contributed by atoms with Crippen molar-refractivity contribution in [3.05, 3.63) is 23.8 Å². The van der Waals surface area contributed by atoms with Crippen molar-refractivity contribution >= 4 is 5.69 Å². The van der Waals surface area contributed by atoms with Crippen LogP contribution in [0.3, 0.4) is 0 Å². The largest absolute Gasteiger partial charge is 0.507 e. The van der Waals surface area contributed by atoms with Gasteiger partial charge in [0.25, 0.3) is 0 Å². The van der Waals surface area contributed by atoms with Gasteiger partial charge in [-0.2, -0.15) is 0 Å². The van der Waals surface area contributed by atoms with Crippen LogP contribution in [-0.4, -0.2) is 23.3 Å². The van der Waals surface area contributed by atoms with Crippen LogP contribution in [0.1, 0.15) is 44.8 Å². The Morgan fingerprint density at radius 2 is 2.06 bits per heavy atom. The molecule has 1 aliphatic heterocycles. The predicted octanol–water partition coefficient (Wildman–Crippen LogP) is 3.07. The van der Waals surface area contributed by atoms with Gasteiger partial charge in [0.05, 0.1) is 6.10 Å². The Labute approximate surface area is 109 Å². The van der Waals surface area contributed by atoms with Gasteiger partial charge in [0, 0.05) is 30.4 Å². The topological polar surface area (TPSA) is 43.7 Å². The summed E-state index contributed by atoms with van der Waals surface area (Å²) in [4.78, 5) is 2.33. The Hall–Kier alpha value is -1.22. The minimum absolute atomic E-state index is 0.194. The number of benzene rings is 1. The third-order valence-electron chi connectivity index (χ3n) is 3.85. The maximum Gasteiger partial charge on any atom is 0.123 e. The SMILES string of the molecule is CC1CCCN(c2ccc(C(C)O)c(O)c2)CC1. The van der Waals surface area contributed by atoms with Gasteiger partial charge in [-0.05, 0) is 38.2 Å². The molecule has 1 aromatic rings. The van der Waals surface area contributed by atoms with Gasteiger partial charge in [-0.1, -0.05) is 13.0 Å². The third kappa shape index (κ3) is 2.96. The number of phenols is 1. The lowest BCUT2D eigenvalue weighted by molar-refractivity contribution is 0.195. The Bertz CT molecular complexity index is 403. The summed E-state index contributed by atoms with van der Waals surface area (Å²) in [6, 6.07) is 5.60. The van der Waals surface area contributed by atoms with E-state index in [2.05, 4.69) is 11.8 Å². The summed E-state index contributed by atoms with van der Waals surface area (Å²) in [6.45, 7) is 6.08. The molecule has 0 amide bonds. The molecule has 2 N–H and O–H groups in total. The summed E-state index contributed by atoms with van der Waals surface area (Å²) in [5.41, 5.74) is 1.66. The minimum Gasteiger partial charge on any atom is -0.507 e. The molecule has 1 fully saturated rings. The average Bonchev–Trinajstić information content (AvgIpc) is 2.53. The van der Waals surface area contributed by atoms with Crippen molar-refractivity contribution in [3.63, 3.8) is 0 Å². The lowest BCUT2D eigenvalue weighted by atomic mass is 10.0. The third-order valence-corrected chi connectivity index (χ3v) is 3.85. The normalized spacial score (nSPS) is 22.6. The molecule has 18 heavy (non-hydrogen) atoms. The van der Waals surface area contributed by atoms with E-state index in [-0.39, 0.29) is 5.75 Å². The zero-order valence-corrected chi connectivity index (χ0v) is 11.3. The number of hydrogen-bond donors (Lipinski definition) is 2. The zero-order valence-electron chi connectivity index (χ0n) is 11.3. The highest BCUT2D eigenvalue weighted by Crippen LogP contribution is 2.30. The first kappa shape index (κ1) is 13.2. The van der Waals surface area contributed by atoms with Gasteiger partial charge >= 0.3 is 0 Å². The number of aliphatic hydroxyl groups excluding tert-OH is 1. The van der Waals surface area contributed by atoms with Gasteiger partial charge in [0.1, 0.15) is 5.75 Å². The molecule has 0 bridgehead atoms. The fraction of sp³-hybridized carbons (Fsp3) is 0.600. The first-order chi connectivity index (χ1) is 8.58. The standard InChI is InChI=1S/C15H23NO2/c1-11-4-3-8-16(9-7-11)13-5-6-14(12(2)17)15(18)10-13/h5-6,10-12,17-18H,3-4,7-9H2,1-2H3. The van der Waals surface area contributed by atoms with Crippen LogP contribution >= 0.6 is 0 Å². The number of anilines is 1. The summed E-state index contributed by atoms with van der Waals surface area (Å²) in [6.07, 6.45) is 3.08. The van der Waals surface area contributed by atoms with E-state index in [4.69, 9.17) is 0 Å². The van der Waals surface area contributed by atoms with Crippen LogP contribution in [0.25, 0.3) is 0 Å². The summed E-state index contributed by atoms with van der Waals surface area (Å²) in [5.74, 6) is 0.986. The van der Waals surface area contributed by atoms with Crippen molar-refractivity contribution in [2.45, 2.75) is 39.2 Å². The van der Waals surface area contributed by atoms with Crippen LogP contribution in [0.15, 0.2) is 18.2 Å². The fourth-order valence-corrected chi connectivity index (χ4v) is 2.60. The Balaban J connectivity index is 2.15. The van der Waals surface area contributed by atoms with Crippen LogP contribution in [-0.2, 0) is 0 Å². The second-order valence-corrected chi connectivity index (χ2v) is 5.44. The highest BCUT2D eigenvalue weighted by Gasteiger charge is 2.16. The molecule has 2 rings (SSSR count). The van der Waals surface area contributed by atoms with Crippen molar-refractivity contribution < 1.29 is 10.2 Å². The molecule has 2 atom stereocenters. The summed E-state index contributed by atoms with van der Waals surface area (Å²) < 4.78 is 0. The predicted molar refractivity (Wildman–Crippen MR) is 74.0 cm³/mol. The monoisotopic (exact) mass is 249 g/mol. The molecule has 0 saturated carbocycles. The van der Waals surface area contributed by atoms with Crippen molar-refractivity contribution in [3.8, 4) is 5.75 Å². The number of rotatable bonds is 2. The molecule has 1 aliphatic rings. The van der Waals surface area contributed by atoms with Crippen molar-refractivity contribution in [2.75, 3.05) is 18.0 Å². The number of hydrogen-bond acceptors (Lipinski definition) is 3. The summed E-state index contributed by atoms with van der Waals surface area (Å²) in [7, 11) is 0. The molecule has 0 radical (unpaired) electrons. The molecule has 2 unspecified atom stereocenters. The molecular formula is C15H23NO2. The first-order valence-electron chi connectivity index (χ1n) is 6.84. The van der Waals surface area contributed by atoms with E-state index in [9.17, 15) is 10.2 Å². The van der Waals surface area contributed by atoms with E-state index in [1.165, 1.54) is 19.3 Å². The van der Waals surface area contributed by atoms with E-state index in [1.807, 2.05) is 12.1 Å². The Morgan fingerprint density at radius 1 is 1.28 bits per heavy atom. The molecule has 100 valence electrons. The number of phenolic OH excluding ortho intramolecular Hbond substituents is 1. The zero-order chi connectivity index (χ0) is 13.1. The quantitative estimate of drug-likeness (QED) is 0.846. The molecule has 0 aliphatic carbocycles. The summed E-state index contributed by atoms with van der Waals surface area (Å²) >= 11 is 0. The lowest BCUT2D eigenvalue weighted by Crippen LogP contribution is -2.24. The van der Waals surface area contributed by atoms with Crippen LogP contribution < -0.4 is 4.90 Å². The van der Waals surface area contributed by atoms with Crippen LogP contribution in [0.2, 0.25) is 0 Å². The van der Waals surface area contributed by atoms with Crippen LogP contribution in [0, 0.1) is 5.92 Å². The highest BCUT2D eigenvalue weighted by atomic mass is 16.3. The fourth-order valence-electron chi connectivity index (χ4n) is 2.60. The maximum atomic E-state index is 9.93. The molecule has 3 nitrogen and oxygen atoms in total. The molecule has 1 saturated heterocycles. The van der Waals surface area contributed by atoms with Crippen molar-refractivity contribution in [1.82, 2.24) is 0 Å². The van der Waals surface area contributed by atoms with Crippen molar-refractivity contribution in [1.29, 1.82) is 0 Å². The second kappa shape index (κ2) is 5.61. The van der Waals surface area contributed by atoms with Gasteiger partial charge in [0.15, 0.2) is 0 Å². The molecular weight excluding hydrogens is 226 g/mol. The molecule has 0 spiro atoms. The van der Waals surface area contributed by atoms with Crippen LogP contribution in [0.4, 0.5) is 5.69 Å². The number of aliphatic hydroxyl groups is 1. The van der Waals surface area contributed by atoms with E-state index in [1.54, 1.807) is 13.0 Å². The molecule has 3 heteroatoms. The highest BCUT2D eigenvalue weighted by molar-refractivity contribution is 5.53. The Kier molecular flexibility index (Phi) is 4.12. The maximum absolute atomic E-state index is 9.93. The number of aromatic hydroxyl groups is 1. The molecule has 1 heterocycles. The second-order valence-electron chi connectivity index (χ2n) is 5.44. The van der Waals surface area contributed by atoms with Gasteiger partial charge in [-0.25, -0.2) is 0 Å². The van der Waals surface area contributed by atoms with Gasteiger partial charge < -0.3 is 15.1 Å². The average molecular weight is 249 g/mol.